The van der Waals surface area contributed by atoms with Crippen LogP contribution in [0, 0.1) is 0 Å². The van der Waals surface area contributed by atoms with Gasteiger partial charge in [-0.1, -0.05) is 0 Å². The summed E-state index contributed by atoms with van der Waals surface area (Å²) in [5.74, 6) is 0.741. The molecule has 10 nitrogen and oxygen atoms in total. The zero-order valence-corrected chi connectivity index (χ0v) is 21.4. The van der Waals surface area contributed by atoms with E-state index in [2.05, 4.69) is 9.97 Å². The Morgan fingerprint density at radius 3 is 2.30 bits per heavy atom. The van der Waals surface area contributed by atoms with Crippen LogP contribution in [0.3, 0.4) is 0 Å². The lowest BCUT2D eigenvalue weighted by molar-refractivity contribution is 0.197. The van der Waals surface area contributed by atoms with E-state index < -0.39 is 0 Å². The third kappa shape index (κ3) is 5.65. The lowest BCUT2D eigenvalue weighted by atomic mass is 10.0. The lowest BCUT2D eigenvalue weighted by Crippen LogP contribution is -2.25. The summed E-state index contributed by atoms with van der Waals surface area (Å²) in [6.07, 6.45) is 1.15. The fourth-order valence-electron chi connectivity index (χ4n) is 4.45. The molecular formula is C27H33N5O5. The molecule has 0 amide bonds. The van der Waals surface area contributed by atoms with Crippen molar-refractivity contribution in [3.63, 3.8) is 0 Å². The highest BCUT2D eigenvalue weighted by Crippen LogP contribution is 2.27. The smallest absolute Gasteiger partial charge is 0.252 e. The maximum Gasteiger partial charge on any atom is 0.252 e. The van der Waals surface area contributed by atoms with Gasteiger partial charge in [0.1, 0.15) is 17.9 Å². The Morgan fingerprint density at radius 2 is 1.57 bits per heavy atom. The SMILES string of the molecule is CC(C)n1c(=O)ccc2c(CC(C)n3c(=O)ccc4ccc(OCCCN)nc43)cc(OCCO)nc21. The minimum Gasteiger partial charge on any atom is -0.478 e. The predicted octanol–water partition coefficient (Wildman–Crippen LogP) is 2.59. The third-order valence-electron chi connectivity index (χ3n) is 6.12. The molecule has 4 aromatic rings. The molecule has 4 rings (SSSR count). The lowest BCUT2D eigenvalue weighted by Gasteiger charge is -2.20. The molecule has 1 unspecified atom stereocenters. The number of aromatic nitrogens is 4. The van der Waals surface area contributed by atoms with Crippen LogP contribution in [0.2, 0.25) is 0 Å². The van der Waals surface area contributed by atoms with Gasteiger partial charge >= 0.3 is 0 Å². The highest BCUT2D eigenvalue weighted by atomic mass is 16.5. The minimum absolute atomic E-state index is 0.0753. The number of aliphatic hydroxyl groups is 1. The van der Waals surface area contributed by atoms with E-state index in [1.807, 2.05) is 26.8 Å². The molecule has 10 heteroatoms. The molecule has 0 saturated heterocycles. The minimum atomic E-state index is -0.293. The second-order valence-corrected chi connectivity index (χ2v) is 9.21. The number of ether oxygens (including phenoxy) is 2. The Labute approximate surface area is 214 Å². The van der Waals surface area contributed by atoms with Gasteiger partial charge in [0, 0.05) is 47.1 Å². The summed E-state index contributed by atoms with van der Waals surface area (Å²) >= 11 is 0. The molecule has 0 saturated carbocycles. The molecule has 196 valence electrons. The zero-order chi connectivity index (χ0) is 26.5. The average Bonchev–Trinajstić information content (AvgIpc) is 2.86. The van der Waals surface area contributed by atoms with Gasteiger partial charge in [0.15, 0.2) is 0 Å². The Bertz CT molecular complexity index is 1510. The molecule has 0 aliphatic carbocycles. The maximum atomic E-state index is 13.1. The van der Waals surface area contributed by atoms with E-state index in [1.165, 1.54) is 12.1 Å². The molecule has 4 heterocycles. The van der Waals surface area contributed by atoms with E-state index in [9.17, 15) is 14.7 Å². The van der Waals surface area contributed by atoms with E-state index >= 15 is 0 Å². The first kappa shape index (κ1) is 26.3. The van der Waals surface area contributed by atoms with Crippen LogP contribution in [0.25, 0.3) is 22.1 Å². The molecule has 3 N–H and O–H groups in total. The summed E-state index contributed by atoms with van der Waals surface area (Å²) in [5.41, 5.74) is 7.11. The summed E-state index contributed by atoms with van der Waals surface area (Å²) in [7, 11) is 0. The summed E-state index contributed by atoms with van der Waals surface area (Å²) < 4.78 is 14.6. The molecular weight excluding hydrogens is 474 g/mol. The van der Waals surface area contributed by atoms with Gasteiger partial charge in [-0.05, 0) is 63.9 Å². The van der Waals surface area contributed by atoms with E-state index in [4.69, 9.17) is 15.2 Å². The number of nitrogens with zero attached hydrogens (tertiary/aromatic N) is 4. The monoisotopic (exact) mass is 507 g/mol. The van der Waals surface area contributed by atoms with Crippen molar-refractivity contribution < 1.29 is 14.6 Å². The number of hydrogen-bond acceptors (Lipinski definition) is 8. The van der Waals surface area contributed by atoms with Crippen molar-refractivity contribution in [2.45, 2.75) is 45.7 Å². The molecule has 1 atom stereocenters. The van der Waals surface area contributed by atoms with Gasteiger partial charge in [-0.15, -0.1) is 0 Å². The third-order valence-corrected chi connectivity index (χ3v) is 6.12. The second kappa shape index (κ2) is 11.5. The molecule has 0 spiro atoms. The van der Waals surface area contributed by atoms with Crippen molar-refractivity contribution in [3.8, 4) is 11.8 Å². The first-order chi connectivity index (χ1) is 17.8. The molecule has 4 aromatic heterocycles. The number of pyridine rings is 4. The highest BCUT2D eigenvalue weighted by Gasteiger charge is 2.18. The topological polar surface area (TPSA) is 134 Å². The van der Waals surface area contributed by atoms with Gasteiger partial charge in [0.2, 0.25) is 11.8 Å². The normalized spacial score (nSPS) is 12.4. The average molecular weight is 508 g/mol. The van der Waals surface area contributed by atoms with Crippen LogP contribution in [0.4, 0.5) is 0 Å². The molecule has 0 fully saturated rings. The van der Waals surface area contributed by atoms with Crippen LogP contribution < -0.4 is 26.3 Å². The number of nitrogens with two attached hydrogens (primary N) is 1. The summed E-state index contributed by atoms with van der Waals surface area (Å²) in [6.45, 7) is 6.66. The maximum absolute atomic E-state index is 13.1. The van der Waals surface area contributed by atoms with Crippen LogP contribution in [0.5, 0.6) is 11.8 Å². The van der Waals surface area contributed by atoms with E-state index in [-0.39, 0.29) is 36.4 Å². The van der Waals surface area contributed by atoms with Gasteiger partial charge < -0.3 is 20.3 Å². The molecule has 0 radical (unpaired) electrons. The summed E-state index contributed by atoms with van der Waals surface area (Å²) in [6, 6.07) is 11.6. The van der Waals surface area contributed by atoms with Crippen LogP contribution in [-0.4, -0.2) is 50.6 Å². The van der Waals surface area contributed by atoms with Gasteiger partial charge in [0.25, 0.3) is 11.1 Å². The van der Waals surface area contributed by atoms with Crippen LogP contribution in [-0.2, 0) is 6.42 Å². The van der Waals surface area contributed by atoms with Gasteiger partial charge in [0.05, 0.1) is 13.2 Å². The van der Waals surface area contributed by atoms with Crippen LogP contribution >= 0.6 is 0 Å². The Morgan fingerprint density at radius 1 is 0.892 bits per heavy atom. The van der Waals surface area contributed by atoms with Crippen molar-refractivity contribution in [2.75, 3.05) is 26.4 Å². The first-order valence-electron chi connectivity index (χ1n) is 12.5. The fraction of sp³-hybridized carbons (Fsp3) is 0.407. The molecule has 0 bridgehead atoms. The van der Waals surface area contributed by atoms with Gasteiger partial charge in [-0.3, -0.25) is 18.7 Å². The number of hydrogen-bond donors (Lipinski definition) is 2. The first-order valence-corrected chi connectivity index (χ1v) is 12.5. The fourth-order valence-corrected chi connectivity index (χ4v) is 4.45. The van der Waals surface area contributed by atoms with Crippen LogP contribution in [0.15, 0.2) is 52.1 Å². The Hall–Kier alpha value is -3.76. The number of rotatable bonds is 11. The van der Waals surface area contributed by atoms with Crippen molar-refractivity contribution >= 4 is 22.1 Å². The summed E-state index contributed by atoms with van der Waals surface area (Å²) in [4.78, 5) is 34.9. The van der Waals surface area contributed by atoms with Gasteiger partial charge in [-0.2, -0.15) is 9.97 Å². The van der Waals surface area contributed by atoms with Crippen molar-refractivity contribution in [2.24, 2.45) is 5.73 Å². The van der Waals surface area contributed by atoms with Crippen molar-refractivity contribution in [1.29, 1.82) is 0 Å². The Balaban J connectivity index is 1.81. The summed E-state index contributed by atoms with van der Waals surface area (Å²) in [5, 5.41) is 10.9. The zero-order valence-electron chi connectivity index (χ0n) is 21.4. The standard InChI is InChI=1S/C27H33N5O5/c1-17(2)31-24(34)10-7-21-20(16-23(30-27(21)31)37-14-12-33)15-18(3)32-25(35)9-6-19-5-8-22(29-26(19)32)36-13-4-11-28/h5-10,16-18,33H,4,11-15,28H2,1-3H3. The van der Waals surface area contributed by atoms with Crippen molar-refractivity contribution in [1.82, 2.24) is 19.1 Å². The molecule has 0 aromatic carbocycles. The van der Waals surface area contributed by atoms with E-state index in [0.717, 1.165) is 16.3 Å². The second-order valence-electron chi connectivity index (χ2n) is 9.21. The molecule has 0 aliphatic rings. The van der Waals surface area contributed by atoms with E-state index in [1.54, 1.807) is 33.4 Å². The predicted molar refractivity (Wildman–Crippen MR) is 143 cm³/mol. The molecule has 37 heavy (non-hydrogen) atoms. The number of fused-ring (bicyclic) bond motifs is 2. The van der Waals surface area contributed by atoms with Gasteiger partial charge in [-0.25, -0.2) is 0 Å². The van der Waals surface area contributed by atoms with Crippen molar-refractivity contribution in [3.05, 3.63) is 68.7 Å². The van der Waals surface area contributed by atoms with E-state index in [0.29, 0.717) is 49.0 Å². The van der Waals surface area contributed by atoms with Crippen LogP contribution in [0.1, 0.15) is 44.8 Å². The largest absolute Gasteiger partial charge is 0.478 e. The Kier molecular flexibility index (Phi) is 8.20. The highest BCUT2D eigenvalue weighted by molar-refractivity contribution is 5.80. The molecule has 0 aliphatic heterocycles. The quantitative estimate of drug-likeness (QED) is 0.296. The number of aliphatic hydroxyl groups excluding tert-OH is 1.